The SMILES string of the molecule is CN.CN.CN.O=C(c1ccccc1)[P+](=O)c1ccccc1. The van der Waals surface area contributed by atoms with Crippen molar-refractivity contribution in [1.82, 2.24) is 0 Å². The van der Waals surface area contributed by atoms with Crippen LogP contribution in [0.15, 0.2) is 60.7 Å². The van der Waals surface area contributed by atoms with Gasteiger partial charge in [0.25, 0.3) is 0 Å². The van der Waals surface area contributed by atoms with Gasteiger partial charge in [-0.3, -0.25) is 0 Å². The molecule has 22 heavy (non-hydrogen) atoms. The van der Waals surface area contributed by atoms with Crippen LogP contribution in [0.25, 0.3) is 0 Å². The largest absolute Gasteiger partial charge is 0.458 e. The van der Waals surface area contributed by atoms with Crippen molar-refractivity contribution in [1.29, 1.82) is 0 Å². The van der Waals surface area contributed by atoms with Crippen LogP contribution in [0.2, 0.25) is 0 Å². The van der Waals surface area contributed by atoms with Gasteiger partial charge in [0, 0.05) is 0 Å². The van der Waals surface area contributed by atoms with Crippen LogP contribution in [0.1, 0.15) is 10.4 Å². The summed E-state index contributed by atoms with van der Waals surface area (Å²) in [6.07, 6.45) is 0. The Morgan fingerprint density at radius 3 is 1.50 bits per heavy atom. The summed E-state index contributed by atoms with van der Waals surface area (Å²) >= 11 is 0. The molecule has 2 aromatic rings. The zero-order chi connectivity index (χ0) is 17.4. The first-order chi connectivity index (χ1) is 10.8. The molecule has 0 aliphatic rings. The van der Waals surface area contributed by atoms with Crippen LogP contribution >= 0.6 is 7.80 Å². The first-order valence-electron chi connectivity index (χ1n) is 6.64. The van der Waals surface area contributed by atoms with E-state index in [1.54, 1.807) is 48.5 Å². The Labute approximate surface area is 133 Å². The Hall–Kier alpha value is -1.91. The molecule has 0 saturated heterocycles. The fourth-order valence-corrected chi connectivity index (χ4v) is 2.44. The normalized spacial score (nSPS) is 8.73. The Kier molecular flexibility index (Phi) is 15.7. The molecule has 1 unspecified atom stereocenters. The summed E-state index contributed by atoms with van der Waals surface area (Å²) in [5.41, 5.74) is 13.7. The lowest BCUT2D eigenvalue weighted by atomic mass is 10.2. The Bertz CT molecular complexity index is 470. The molecular weight excluding hydrogens is 297 g/mol. The van der Waals surface area contributed by atoms with Gasteiger partial charge in [-0.05, 0) is 45.4 Å². The van der Waals surface area contributed by atoms with Gasteiger partial charge >= 0.3 is 13.3 Å². The lowest BCUT2D eigenvalue weighted by Crippen LogP contribution is -2.03. The van der Waals surface area contributed by atoms with Gasteiger partial charge in [-0.15, -0.1) is 0 Å². The third-order valence-electron chi connectivity index (χ3n) is 2.20. The Morgan fingerprint density at radius 2 is 1.09 bits per heavy atom. The van der Waals surface area contributed by atoms with Crippen LogP contribution in [-0.2, 0) is 4.57 Å². The van der Waals surface area contributed by atoms with E-state index in [9.17, 15) is 9.36 Å². The van der Waals surface area contributed by atoms with E-state index in [-0.39, 0.29) is 5.52 Å². The molecule has 0 radical (unpaired) electrons. The highest BCUT2D eigenvalue weighted by Crippen LogP contribution is 2.25. The molecule has 2 aromatic carbocycles. The van der Waals surface area contributed by atoms with Gasteiger partial charge in [-0.1, -0.05) is 41.0 Å². The summed E-state index contributed by atoms with van der Waals surface area (Å²) in [7, 11) is 2.50. The van der Waals surface area contributed by atoms with Gasteiger partial charge in [0.15, 0.2) is 5.30 Å². The topological polar surface area (TPSA) is 112 Å². The lowest BCUT2D eigenvalue weighted by molar-refractivity contribution is 0.108. The number of benzene rings is 2. The second kappa shape index (κ2) is 15.5. The number of nitrogens with two attached hydrogens (primary N) is 3. The molecule has 0 saturated carbocycles. The van der Waals surface area contributed by atoms with Gasteiger partial charge in [0.05, 0.1) is 5.56 Å². The van der Waals surface area contributed by atoms with Gasteiger partial charge < -0.3 is 17.2 Å². The molecule has 120 valence electrons. The monoisotopic (exact) mass is 322 g/mol. The molecule has 6 heteroatoms. The summed E-state index contributed by atoms with van der Waals surface area (Å²) in [5, 5.41) is 0.575. The van der Waals surface area contributed by atoms with E-state index in [0.717, 1.165) is 0 Å². The average Bonchev–Trinajstić information content (AvgIpc) is 2.67. The Morgan fingerprint density at radius 1 is 0.727 bits per heavy atom. The third-order valence-corrected chi connectivity index (χ3v) is 3.59. The Balaban J connectivity index is 0. The van der Waals surface area contributed by atoms with Crippen molar-refractivity contribution in [2.75, 3.05) is 21.1 Å². The molecule has 0 amide bonds. The number of carbonyl (C=O) groups excluding carboxylic acids is 1. The molecule has 0 aliphatic carbocycles. The minimum atomic E-state index is -2.00. The van der Waals surface area contributed by atoms with E-state index in [1.165, 1.54) is 21.1 Å². The fraction of sp³-hybridized carbons (Fsp3) is 0.188. The lowest BCUT2D eigenvalue weighted by Gasteiger charge is -1.89. The average molecular weight is 322 g/mol. The maximum Gasteiger partial charge on any atom is 0.458 e. The summed E-state index contributed by atoms with van der Waals surface area (Å²) in [6, 6.07) is 17.5. The van der Waals surface area contributed by atoms with Crippen molar-refractivity contribution in [3.8, 4) is 0 Å². The van der Waals surface area contributed by atoms with Gasteiger partial charge in [0.1, 0.15) is 0 Å². The van der Waals surface area contributed by atoms with Crippen LogP contribution in [0.5, 0.6) is 0 Å². The molecule has 0 bridgehead atoms. The first kappa shape index (κ1) is 22.4. The van der Waals surface area contributed by atoms with E-state index >= 15 is 0 Å². The maximum absolute atomic E-state index is 11.9. The predicted octanol–water partition coefficient (Wildman–Crippen LogP) is 1.70. The van der Waals surface area contributed by atoms with Crippen molar-refractivity contribution < 1.29 is 9.36 Å². The second-order valence-corrected chi connectivity index (χ2v) is 4.81. The quantitative estimate of drug-likeness (QED) is 0.745. The highest BCUT2D eigenvalue weighted by Gasteiger charge is 2.31. The molecule has 2 rings (SSSR count). The van der Waals surface area contributed by atoms with Gasteiger partial charge in [0.2, 0.25) is 0 Å². The van der Waals surface area contributed by atoms with Crippen LogP contribution in [0, 0.1) is 0 Å². The summed E-state index contributed by atoms with van der Waals surface area (Å²) < 4.78 is 11.9. The number of carbonyl (C=O) groups is 1. The van der Waals surface area contributed by atoms with Gasteiger partial charge in [-0.25, -0.2) is 4.79 Å². The van der Waals surface area contributed by atoms with Crippen molar-refractivity contribution in [2.24, 2.45) is 17.2 Å². The zero-order valence-electron chi connectivity index (χ0n) is 13.3. The maximum atomic E-state index is 11.9. The molecule has 0 heterocycles. The standard InChI is InChI=1S/C13H10O2P.3CH5N/c14-13(11-7-3-1-4-8-11)16(15)12-9-5-2-6-10-12;3*1-2/h1-10H;3*2H2,1H3/q+1;;;. The molecule has 5 nitrogen and oxygen atoms in total. The highest BCUT2D eigenvalue weighted by molar-refractivity contribution is 7.71. The molecule has 1 atom stereocenters. The summed E-state index contributed by atoms with van der Waals surface area (Å²) in [5.74, 6) is 0. The summed E-state index contributed by atoms with van der Waals surface area (Å²) in [4.78, 5) is 11.9. The molecule has 0 aliphatic heterocycles. The second-order valence-electron chi connectivity index (χ2n) is 3.30. The number of hydrogen-bond donors (Lipinski definition) is 3. The molecule has 0 aromatic heterocycles. The van der Waals surface area contributed by atoms with Gasteiger partial charge in [-0.2, -0.15) is 0 Å². The highest BCUT2D eigenvalue weighted by atomic mass is 31.1. The van der Waals surface area contributed by atoms with Crippen LogP contribution in [0.4, 0.5) is 0 Å². The van der Waals surface area contributed by atoms with Crippen molar-refractivity contribution in [2.45, 2.75) is 0 Å². The van der Waals surface area contributed by atoms with E-state index in [1.807, 2.05) is 12.1 Å². The number of hydrogen-bond acceptors (Lipinski definition) is 5. The molecule has 6 N–H and O–H groups in total. The van der Waals surface area contributed by atoms with Crippen molar-refractivity contribution >= 4 is 18.6 Å². The third kappa shape index (κ3) is 7.76. The molecule has 0 fully saturated rings. The van der Waals surface area contributed by atoms with E-state index in [2.05, 4.69) is 17.2 Å². The van der Waals surface area contributed by atoms with Crippen molar-refractivity contribution in [3.05, 3.63) is 66.2 Å². The molecule has 0 spiro atoms. The predicted molar refractivity (Wildman–Crippen MR) is 94.8 cm³/mol. The van der Waals surface area contributed by atoms with E-state index < -0.39 is 7.80 Å². The summed E-state index contributed by atoms with van der Waals surface area (Å²) in [6.45, 7) is 0. The molecular formula is C16H25N3O2P+. The number of rotatable bonds is 3. The zero-order valence-corrected chi connectivity index (χ0v) is 14.2. The minimum Gasteiger partial charge on any atom is -0.333 e. The fourth-order valence-electron chi connectivity index (χ4n) is 1.38. The van der Waals surface area contributed by atoms with Crippen LogP contribution in [-0.4, -0.2) is 26.7 Å². The van der Waals surface area contributed by atoms with Crippen LogP contribution in [0.3, 0.4) is 0 Å². The smallest absolute Gasteiger partial charge is 0.333 e. The van der Waals surface area contributed by atoms with Crippen LogP contribution < -0.4 is 22.5 Å². The minimum absolute atomic E-state index is 0.318. The van der Waals surface area contributed by atoms with Crippen molar-refractivity contribution in [3.63, 3.8) is 0 Å². The van der Waals surface area contributed by atoms with E-state index in [4.69, 9.17) is 0 Å². The first-order valence-corrected chi connectivity index (χ1v) is 7.90. The van der Waals surface area contributed by atoms with E-state index in [0.29, 0.717) is 10.9 Å².